The molecule has 5 nitrogen and oxygen atoms in total. The van der Waals surface area contributed by atoms with Crippen molar-refractivity contribution in [2.45, 2.75) is 25.8 Å². The van der Waals surface area contributed by atoms with Crippen LogP contribution in [0, 0.1) is 5.82 Å². The van der Waals surface area contributed by atoms with Gasteiger partial charge in [0.25, 0.3) is 0 Å². The molecule has 1 aromatic carbocycles. The Balaban J connectivity index is 1.67. The van der Waals surface area contributed by atoms with Crippen molar-refractivity contribution < 1.29 is 18.7 Å². The molecule has 23 heavy (non-hydrogen) atoms. The number of halogens is 1. The van der Waals surface area contributed by atoms with Gasteiger partial charge in [0.15, 0.2) is 0 Å². The molecule has 2 rings (SSSR count). The number of hydrogen-bond acceptors (Lipinski definition) is 4. The van der Waals surface area contributed by atoms with Gasteiger partial charge in [0.2, 0.25) is 5.91 Å². The number of carbonyl (C=O) groups is 1. The number of ether oxygens (including phenoxy) is 2. The lowest BCUT2D eigenvalue weighted by atomic mass is 10.0. The van der Waals surface area contributed by atoms with Gasteiger partial charge in [-0.1, -0.05) is 0 Å². The molecule has 0 spiro atoms. The minimum Gasteiger partial charge on any atom is -0.493 e. The summed E-state index contributed by atoms with van der Waals surface area (Å²) in [4.78, 5) is 14.2. The molecule has 1 fully saturated rings. The van der Waals surface area contributed by atoms with Crippen LogP contribution in [0.1, 0.15) is 20.3 Å². The van der Waals surface area contributed by atoms with Gasteiger partial charge in [0, 0.05) is 25.2 Å². The molecule has 0 atom stereocenters. The first-order valence-corrected chi connectivity index (χ1v) is 7.95. The second-order valence-corrected chi connectivity index (χ2v) is 6.24. The zero-order valence-corrected chi connectivity index (χ0v) is 13.8. The van der Waals surface area contributed by atoms with E-state index in [0.29, 0.717) is 12.3 Å². The number of benzene rings is 1. The average molecular weight is 324 g/mol. The van der Waals surface area contributed by atoms with Crippen molar-refractivity contribution in [2.24, 2.45) is 0 Å². The normalized spacial score (nSPS) is 16.1. The lowest BCUT2D eigenvalue weighted by molar-refractivity contribution is -0.122. The van der Waals surface area contributed by atoms with Crippen LogP contribution in [0.4, 0.5) is 4.39 Å². The van der Waals surface area contributed by atoms with Crippen molar-refractivity contribution in [3.8, 4) is 5.75 Å². The number of amides is 1. The molecular formula is C17H25FN2O3. The first-order valence-electron chi connectivity index (χ1n) is 7.95. The van der Waals surface area contributed by atoms with Crippen LogP contribution in [0.25, 0.3) is 0 Å². The molecule has 1 saturated heterocycles. The molecule has 6 heteroatoms. The van der Waals surface area contributed by atoms with Crippen LogP contribution in [0.15, 0.2) is 24.3 Å². The molecule has 1 aliphatic heterocycles. The highest BCUT2D eigenvalue weighted by atomic mass is 19.1. The molecule has 1 amide bonds. The summed E-state index contributed by atoms with van der Waals surface area (Å²) in [5.41, 5.74) is -0.0999. The monoisotopic (exact) mass is 324 g/mol. The number of rotatable bonds is 7. The van der Waals surface area contributed by atoms with Gasteiger partial charge < -0.3 is 14.8 Å². The van der Waals surface area contributed by atoms with Gasteiger partial charge in [-0.2, -0.15) is 0 Å². The third-order valence-corrected chi connectivity index (χ3v) is 4.00. The second-order valence-electron chi connectivity index (χ2n) is 6.24. The summed E-state index contributed by atoms with van der Waals surface area (Å²) in [5, 5.41) is 2.95. The standard InChI is InChI=1S/C17H25FN2O3/c1-17(2,20-8-11-22-12-9-20)13-19-16(21)7-10-23-15-5-3-14(18)4-6-15/h3-6H,7-13H2,1-2H3,(H,19,21). The Morgan fingerprint density at radius 3 is 2.61 bits per heavy atom. The van der Waals surface area contributed by atoms with E-state index in [2.05, 4.69) is 24.1 Å². The predicted octanol–water partition coefficient (Wildman–Crippen LogP) is 1.82. The van der Waals surface area contributed by atoms with Gasteiger partial charge in [-0.25, -0.2) is 4.39 Å². The van der Waals surface area contributed by atoms with Crippen LogP contribution >= 0.6 is 0 Å². The molecule has 1 aromatic rings. The van der Waals surface area contributed by atoms with E-state index in [0.717, 1.165) is 26.3 Å². The minimum absolute atomic E-state index is 0.0477. The van der Waals surface area contributed by atoms with Crippen LogP contribution in [0.2, 0.25) is 0 Å². The summed E-state index contributed by atoms with van der Waals surface area (Å²) >= 11 is 0. The minimum atomic E-state index is -0.305. The average Bonchev–Trinajstić information content (AvgIpc) is 2.56. The number of nitrogens with zero attached hydrogens (tertiary/aromatic N) is 1. The summed E-state index contributed by atoms with van der Waals surface area (Å²) in [6.07, 6.45) is 0.274. The van der Waals surface area contributed by atoms with E-state index in [1.54, 1.807) is 12.1 Å². The van der Waals surface area contributed by atoms with Crippen LogP contribution in [-0.4, -0.2) is 55.8 Å². The maximum absolute atomic E-state index is 12.8. The number of nitrogens with one attached hydrogen (secondary N) is 1. The summed E-state index contributed by atoms with van der Waals surface area (Å²) in [7, 11) is 0. The van der Waals surface area contributed by atoms with E-state index >= 15 is 0 Å². The van der Waals surface area contributed by atoms with Gasteiger partial charge in [-0.3, -0.25) is 9.69 Å². The van der Waals surface area contributed by atoms with Gasteiger partial charge >= 0.3 is 0 Å². The molecular weight excluding hydrogens is 299 g/mol. The second kappa shape index (κ2) is 8.26. The molecule has 1 N–H and O–H groups in total. The van der Waals surface area contributed by atoms with E-state index in [-0.39, 0.29) is 30.3 Å². The molecule has 0 saturated carbocycles. The van der Waals surface area contributed by atoms with E-state index < -0.39 is 0 Å². The Morgan fingerprint density at radius 2 is 1.96 bits per heavy atom. The van der Waals surface area contributed by atoms with Crippen LogP contribution in [-0.2, 0) is 9.53 Å². The van der Waals surface area contributed by atoms with Crippen LogP contribution in [0.5, 0.6) is 5.75 Å². The first-order chi connectivity index (χ1) is 11.0. The third kappa shape index (κ3) is 5.80. The fourth-order valence-corrected chi connectivity index (χ4v) is 2.48. The Bertz CT molecular complexity index is 499. The van der Waals surface area contributed by atoms with Crippen molar-refractivity contribution in [3.63, 3.8) is 0 Å². The highest BCUT2D eigenvalue weighted by Crippen LogP contribution is 2.15. The molecule has 128 valence electrons. The quantitative estimate of drug-likeness (QED) is 0.831. The number of hydrogen-bond donors (Lipinski definition) is 1. The lowest BCUT2D eigenvalue weighted by Crippen LogP contribution is -2.55. The van der Waals surface area contributed by atoms with Crippen molar-refractivity contribution in [1.82, 2.24) is 10.2 Å². The molecule has 1 heterocycles. The first kappa shape index (κ1) is 17.7. The molecule has 0 aromatic heterocycles. The fourth-order valence-electron chi connectivity index (χ4n) is 2.48. The zero-order valence-electron chi connectivity index (χ0n) is 13.8. The lowest BCUT2D eigenvalue weighted by Gasteiger charge is -2.40. The van der Waals surface area contributed by atoms with Crippen molar-refractivity contribution in [1.29, 1.82) is 0 Å². The van der Waals surface area contributed by atoms with E-state index in [1.165, 1.54) is 12.1 Å². The predicted molar refractivity (Wildman–Crippen MR) is 86.0 cm³/mol. The summed E-state index contributed by atoms with van der Waals surface area (Å²) in [6, 6.07) is 5.77. The topological polar surface area (TPSA) is 50.8 Å². The van der Waals surface area contributed by atoms with E-state index in [9.17, 15) is 9.18 Å². The Labute approximate surface area is 136 Å². The molecule has 0 bridgehead atoms. The van der Waals surface area contributed by atoms with Crippen molar-refractivity contribution in [2.75, 3.05) is 39.5 Å². The fraction of sp³-hybridized carbons (Fsp3) is 0.588. The Morgan fingerprint density at radius 1 is 1.30 bits per heavy atom. The highest BCUT2D eigenvalue weighted by molar-refractivity contribution is 5.76. The maximum Gasteiger partial charge on any atom is 0.223 e. The van der Waals surface area contributed by atoms with Gasteiger partial charge in [0.05, 0.1) is 26.2 Å². The largest absolute Gasteiger partial charge is 0.493 e. The van der Waals surface area contributed by atoms with Crippen molar-refractivity contribution in [3.05, 3.63) is 30.1 Å². The SMILES string of the molecule is CC(C)(CNC(=O)CCOc1ccc(F)cc1)N1CCOCC1. The highest BCUT2D eigenvalue weighted by Gasteiger charge is 2.28. The summed E-state index contributed by atoms with van der Waals surface area (Å²) < 4.78 is 23.6. The van der Waals surface area contributed by atoms with Gasteiger partial charge in [-0.05, 0) is 38.1 Å². The molecule has 1 aliphatic rings. The number of morpholine rings is 1. The van der Waals surface area contributed by atoms with E-state index in [1.807, 2.05) is 0 Å². The Hall–Kier alpha value is -1.66. The van der Waals surface area contributed by atoms with Gasteiger partial charge in [0.1, 0.15) is 11.6 Å². The van der Waals surface area contributed by atoms with Gasteiger partial charge in [-0.15, -0.1) is 0 Å². The van der Waals surface area contributed by atoms with E-state index in [4.69, 9.17) is 9.47 Å². The molecule has 0 radical (unpaired) electrons. The van der Waals surface area contributed by atoms with Crippen molar-refractivity contribution >= 4 is 5.91 Å². The third-order valence-electron chi connectivity index (χ3n) is 4.00. The molecule has 0 aliphatic carbocycles. The smallest absolute Gasteiger partial charge is 0.223 e. The van der Waals surface area contributed by atoms with Crippen LogP contribution < -0.4 is 10.1 Å². The zero-order chi connectivity index (χ0) is 16.7. The summed E-state index contributed by atoms with van der Waals surface area (Å²) in [6.45, 7) is 8.35. The Kier molecular flexibility index (Phi) is 6.36. The molecule has 0 unspecified atom stereocenters. The van der Waals surface area contributed by atoms with Crippen LogP contribution in [0.3, 0.4) is 0 Å². The summed E-state index contributed by atoms with van der Waals surface area (Å²) in [5.74, 6) is 0.210. The number of carbonyl (C=O) groups excluding carboxylic acids is 1. The maximum atomic E-state index is 12.8.